The normalized spacial score (nSPS) is 19.9. The zero-order chi connectivity index (χ0) is 20.8. The van der Waals surface area contributed by atoms with Gasteiger partial charge < -0.3 is 15.4 Å². The minimum absolute atomic E-state index is 0.0842. The molecule has 2 N–H and O–H groups in total. The van der Waals surface area contributed by atoms with Crippen LogP contribution in [0, 0.1) is 24.5 Å². The number of hydrogen-bond acceptors (Lipinski definition) is 3. The molecule has 0 saturated carbocycles. The van der Waals surface area contributed by atoms with Gasteiger partial charge in [0.15, 0.2) is 11.6 Å². The molecule has 3 unspecified atom stereocenters. The van der Waals surface area contributed by atoms with Gasteiger partial charge in [-0.05, 0) is 50.2 Å². The summed E-state index contributed by atoms with van der Waals surface area (Å²) in [7, 11) is 0. The Labute approximate surface area is 165 Å². The summed E-state index contributed by atoms with van der Waals surface area (Å²) >= 11 is 0. The molecule has 28 heavy (non-hydrogen) atoms. The molecule has 1 aromatic carbocycles. The molecule has 5 nitrogen and oxygen atoms in total. The van der Waals surface area contributed by atoms with Gasteiger partial charge in [0.1, 0.15) is 0 Å². The van der Waals surface area contributed by atoms with Crippen molar-refractivity contribution in [2.75, 3.05) is 0 Å². The molecule has 0 bridgehead atoms. The molecule has 1 aliphatic heterocycles. The maximum atomic E-state index is 14.1. The highest BCUT2D eigenvalue weighted by molar-refractivity contribution is 5.77. The van der Waals surface area contributed by atoms with Crippen LogP contribution in [0.4, 0.5) is 13.6 Å². The lowest BCUT2D eigenvalue weighted by Crippen LogP contribution is -2.38. The number of halogens is 2. The van der Waals surface area contributed by atoms with Crippen molar-refractivity contribution in [1.82, 2.24) is 10.6 Å². The van der Waals surface area contributed by atoms with Crippen LogP contribution in [0.15, 0.2) is 6.07 Å². The van der Waals surface area contributed by atoms with E-state index in [1.807, 2.05) is 6.92 Å². The largest absolute Gasteiger partial charge is 0.423 e. The summed E-state index contributed by atoms with van der Waals surface area (Å²) in [6, 6.07) is 1.19. The maximum absolute atomic E-state index is 14.1. The number of nitrogens with one attached hydrogen (secondary N) is 2. The van der Waals surface area contributed by atoms with E-state index in [1.165, 1.54) is 0 Å². The van der Waals surface area contributed by atoms with Gasteiger partial charge in [0.05, 0.1) is 12.1 Å². The predicted molar refractivity (Wildman–Crippen MR) is 103 cm³/mol. The van der Waals surface area contributed by atoms with Crippen molar-refractivity contribution >= 4 is 12.0 Å². The topological polar surface area (TPSA) is 67.4 Å². The fourth-order valence-electron chi connectivity index (χ4n) is 3.83. The average molecular weight is 396 g/mol. The van der Waals surface area contributed by atoms with Crippen LogP contribution >= 0.6 is 0 Å². The molecule has 7 heteroatoms. The van der Waals surface area contributed by atoms with Crippen molar-refractivity contribution in [2.24, 2.45) is 5.92 Å². The minimum atomic E-state index is -1.11. The molecule has 1 heterocycles. The number of urea groups is 1. The van der Waals surface area contributed by atoms with Crippen molar-refractivity contribution in [2.45, 2.75) is 78.3 Å². The number of carbonyl (C=O) groups is 2. The summed E-state index contributed by atoms with van der Waals surface area (Å²) in [5.41, 5.74) is 1.08. The summed E-state index contributed by atoms with van der Waals surface area (Å²) in [6.07, 6.45) is 3.67. The molecular formula is C21H30F2N2O3. The van der Waals surface area contributed by atoms with Crippen molar-refractivity contribution in [3.8, 4) is 5.75 Å². The number of ether oxygens (including phenoxy) is 1. The first-order valence-electron chi connectivity index (χ1n) is 10.0. The molecule has 1 fully saturated rings. The smallest absolute Gasteiger partial charge is 0.315 e. The second kappa shape index (κ2) is 9.85. The molecule has 156 valence electrons. The third-order valence-corrected chi connectivity index (χ3v) is 5.46. The Morgan fingerprint density at radius 3 is 2.61 bits per heavy atom. The van der Waals surface area contributed by atoms with Crippen LogP contribution in [0.2, 0.25) is 0 Å². The number of aryl methyl sites for hydroxylation is 1. The van der Waals surface area contributed by atoms with Gasteiger partial charge in [-0.15, -0.1) is 0 Å². The average Bonchev–Trinajstić information content (AvgIpc) is 3.04. The highest BCUT2D eigenvalue weighted by atomic mass is 19.2. The number of carbonyl (C=O) groups excluding carboxylic acids is 2. The van der Waals surface area contributed by atoms with E-state index < -0.39 is 17.6 Å². The van der Waals surface area contributed by atoms with E-state index in [0.717, 1.165) is 25.3 Å². The van der Waals surface area contributed by atoms with Crippen molar-refractivity contribution in [1.29, 1.82) is 0 Å². The number of hydrogen-bond donors (Lipinski definition) is 2. The monoisotopic (exact) mass is 396 g/mol. The Hall–Kier alpha value is -2.18. The van der Waals surface area contributed by atoms with Crippen LogP contribution in [-0.2, 0) is 11.2 Å². The van der Waals surface area contributed by atoms with Gasteiger partial charge in [-0.3, -0.25) is 4.79 Å². The standard InChI is InChI=1S/C21H30F2N2O3/c1-5-14-13(4)11-15(22)18(23)20(14)28-17(26)10-8-7-9-12(3)19-16(6-2)24-21(27)25-19/h11-12,16,19H,5-10H2,1-4H3,(H2,24,25,27). The van der Waals surface area contributed by atoms with Crippen molar-refractivity contribution in [3.05, 3.63) is 28.8 Å². The van der Waals surface area contributed by atoms with Crippen LogP contribution in [-0.4, -0.2) is 24.1 Å². The van der Waals surface area contributed by atoms with Crippen LogP contribution in [0.25, 0.3) is 0 Å². The molecule has 0 radical (unpaired) electrons. The van der Waals surface area contributed by atoms with Crippen LogP contribution in [0.3, 0.4) is 0 Å². The summed E-state index contributed by atoms with van der Waals surface area (Å²) < 4.78 is 32.9. The lowest BCUT2D eigenvalue weighted by molar-refractivity contribution is -0.134. The number of unbranched alkanes of at least 4 members (excludes halogenated alkanes) is 1. The van der Waals surface area contributed by atoms with E-state index in [-0.39, 0.29) is 36.2 Å². The zero-order valence-electron chi connectivity index (χ0n) is 17.0. The van der Waals surface area contributed by atoms with E-state index in [2.05, 4.69) is 17.6 Å². The first-order valence-corrected chi connectivity index (χ1v) is 10.0. The summed E-state index contributed by atoms with van der Waals surface area (Å²) in [5, 5.41) is 5.85. The van der Waals surface area contributed by atoms with E-state index in [4.69, 9.17) is 4.74 Å². The van der Waals surface area contributed by atoms with E-state index >= 15 is 0 Å². The Bertz CT molecular complexity index is 724. The third kappa shape index (κ3) is 5.20. The molecule has 1 aliphatic rings. The van der Waals surface area contributed by atoms with Gasteiger partial charge in [0.2, 0.25) is 5.82 Å². The lowest BCUT2D eigenvalue weighted by atomic mass is 9.90. The quantitative estimate of drug-likeness (QED) is 0.369. The SMILES string of the molecule is CCc1c(C)cc(F)c(F)c1OC(=O)CCCCC(C)C1NC(=O)NC1CC. The molecule has 2 rings (SSSR count). The highest BCUT2D eigenvalue weighted by Crippen LogP contribution is 2.29. The maximum Gasteiger partial charge on any atom is 0.315 e. The fourth-order valence-corrected chi connectivity index (χ4v) is 3.83. The first kappa shape index (κ1) is 22.1. The molecule has 1 saturated heterocycles. The Morgan fingerprint density at radius 2 is 1.96 bits per heavy atom. The number of amides is 2. The second-order valence-electron chi connectivity index (χ2n) is 7.51. The van der Waals surface area contributed by atoms with Gasteiger partial charge in [-0.1, -0.05) is 27.2 Å². The molecule has 1 aromatic rings. The number of rotatable bonds is 9. The molecule has 2 amide bonds. The molecule has 0 aromatic heterocycles. The zero-order valence-corrected chi connectivity index (χ0v) is 17.0. The van der Waals surface area contributed by atoms with Gasteiger partial charge in [0.25, 0.3) is 0 Å². The lowest BCUT2D eigenvalue weighted by Gasteiger charge is -2.23. The fraction of sp³-hybridized carbons (Fsp3) is 0.619. The predicted octanol–water partition coefficient (Wildman–Crippen LogP) is 4.40. The van der Waals surface area contributed by atoms with Crippen LogP contribution in [0.5, 0.6) is 5.75 Å². The number of esters is 1. The Kier molecular flexibility index (Phi) is 7.78. The summed E-state index contributed by atoms with van der Waals surface area (Å²) in [6.45, 7) is 7.59. The van der Waals surface area contributed by atoms with E-state index in [9.17, 15) is 18.4 Å². The first-order chi connectivity index (χ1) is 13.3. The van der Waals surface area contributed by atoms with Gasteiger partial charge >= 0.3 is 12.0 Å². The molecule has 3 atom stereocenters. The molecule has 0 spiro atoms. The third-order valence-electron chi connectivity index (χ3n) is 5.46. The van der Waals surface area contributed by atoms with E-state index in [0.29, 0.717) is 24.0 Å². The Morgan fingerprint density at radius 1 is 1.25 bits per heavy atom. The second-order valence-corrected chi connectivity index (χ2v) is 7.51. The highest BCUT2D eigenvalue weighted by Gasteiger charge is 2.33. The van der Waals surface area contributed by atoms with Gasteiger partial charge in [0, 0.05) is 12.0 Å². The van der Waals surface area contributed by atoms with Crippen molar-refractivity contribution in [3.63, 3.8) is 0 Å². The molecule has 0 aliphatic carbocycles. The van der Waals surface area contributed by atoms with Gasteiger partial charge in [-0.25, -0.2) is 9.18 Å². The van der Waals surface area contributed by atoms with Crippen LogP contribution < -0.4 is 15.4 Å². The van der Waals surface area contributed by atoms with Gasteiger partial charge in [-0.2, -0.15) is 4.39 Å². The molecular weight excluding hydrogens is 366 g/mol. The van der Waals surface area contributed by atoms with Crippen molar-refractivity contribution < 1.29 is 23.1 Å². The summed E-state index contributed by atoms with van der Waals surface area (Å²) in [5.74, 6) is -2.70. The minimum Gasteiger partial charge on any atom is -0.423 e. The van der Waals surface area contributed by atoms with E-state index in [1.54, 1.807) is 13.8 Å². The summed E-state index contributed by atoms with van der Waals surface area (Å²) in [4.78, 5) is 23.6. The number of benzene rings is 1. The van der Waals surface area contributed by atoms with Crippen LogP contribution in [0.1, 0.15) is 64.0 Å². The Balaban J connectivity index is 1.83.